The summed E-state index contributed by atoms with van der Waals surface area (Å²) in [4.78, 5) is 35.9. The summed E-state index contributed by atoms with van der Waals surface area (Å²) in [5.41, 5.74) is 3.93. The molecule has 0 bridgehead atoms. The maximum absolute atomic E-state index is 12.7. The van der Waals surface area contributed by atoms with Gasteiger partial charge in [-0.1, -0.05) is 41.9 Å². The summed E-state index contributed by atoms with van der Waals surface area (Å²) < 4.78 is 0. The summed E-state index contributed by atoms with van der Waals surface area (Å²) >= 11 is 6.36. The van der Waals surface area contributed by atoms with Crippen LogP contribution in [0, 0.1) is 0 Å². The number of imide groups is 1. The number of fused-ring (bicyclic) bond motifs is 2. The van der Waals surface area contributed by atoms with Crippen LogP contribution < -0.4 is 0 Å². The van der Waals surface area contributed by atoms with Crippen molar-refractivity contribution in [1.82, 2.24) is 14.9 Å². The van der Waals surface area contributed by atoms with E-state index in [1.54, 1.807) is 36.5 Å². The van der Waals surface area contributed by atoms with E-state index in [4.69, 9.17) is 16.6 Å². The van der Waals surface area contributed by atoms with Crippen LogP contribution in [0.25, 0.3) is 22.3 Å². The van der Waals surface area contributed by atoms with Crippen molar-refractivity contribution >= 4 is 34.3 Å². The zero-order chi connectivity index (χ0) is 20.7. The van der Waals surface area contributed by atoms with Crippen LogP contribution >= 0.6 is 11.6 Å². The fraction of sp³-hybridized carbons (Fsp3) is 0.0833. The Labute approximate surface area is 178 Å². The number of carbonyl (C=O) groups is 2. The molecule has 1 aliphatic rings. The van der Waals surface area contributed by atoms with Crippen LogP contribution in [0.3, 0.4) is 0 Å². The number of pyridine rings is 2. The number of carbonyl (C=O) groups excluding carboxylic acids is 2. The Morgan fingerprint density at radius 3 is 2.30 bits per heavy atom. The summed E-state index contributed by atoms with van der Waals surface area (Å²) in [6.45, 7) is 0.264. The average molecular weight is 414 g/mol. The molecule has 0 aliphatic carbocycles. The molecule has 0 radical (unpaired) electrons. The molecule has 0 spiro atoms. The van der Waals surface area contributed by atoms with Gasteiger partial charge in [0.15, 0.2) is 0 Å². The Bertz CT molecular complexity index is 1270. The van der Waals surface area contributed by atoms with Gasteiger partial charge in [-0.15, -0.1) is 0 Å². The summed E-state index contributed by atoms with van der Waals surface area (Å²) in [5.74, 6) is -0.515. The minimum atomic E-state index is -0.258. The fourth-order valence-electron chi connectivity index (χ4n) is 3.80. The smallest absolute Gasteiger partial charge is 0.261 e. The maximum Gasteiger partial charge on any atom is 0.261 e. The molecular weight excluding hydrogens is 398 g/mol. The molecule has 6 heteroatoms. The summed E-state index contributed by atoms with van der Waals surface area (Å²) in [7, 11) is 0. The molecule has 0 unspecified atom stereocenters. The first kappa shape index (κ1) is 18.5. The molecule has 2 amide bonds. The Balaban J connectivity index is 1.53. The lowest BCUT2D eigenvalue weighted by Gasteiger charge is -2.16. The van der Waals surface area contributed by atoms with Crippen molar-refractivity contribution in [3.05, 3.63) is 94.6 Å². The zero-order valence-electron chi connectivity index (χ0n) is 15.9. The van der Waals surface area contributed by atoms with Gasteiger partial charge < -0.3 is 0 Å². The second-order valence-corrected chi connectivity index (χ2v) is 7.49. The van der Waals surface area contributed by atoms with Crippen LogP contribution in [0.5, 0.6) is 0 Å². The van der Waals surface area contributed by atoms with Gasteiger partial charge in [-0.25, -0.2) is 4.98 Å². The van der Waals surface area contributed by atoms with Gasteiger partial charge in [0.2, 0.25) is 0 Å². The van der Waals surface area contributed by atoms with E-state index < -0.39 is 0 Å². The first-order chi connectivity index (χ1) is 14.6. The first-order valence-corrected chi connectivity index (χ1v) is 9.96. The van der Waals surface area contributed by atoms with Crippen molar-refractivity contribution in [3.63, 3.8) is 0 Å². The minimum absolute atomic E-state index is 0.258. The van der Waals surface area contributed by atoms with Gasteiger partial charge >= 0.3 is 0 Å². The van der Waals surface area contributed by atoms with Crippen LogP contribution in [0.1, 0.15) is 26.3 Å². The number of para-hydroxylation sites is 1. The zero-order valence-corrected chi connectivity index (χ0v) is 16.6. The lowest BCUT2D eigenvalue weighted by molar-refractivity contribution is 0.0656. The number of hydrogen-bond acceptors (Lipinski definition) is 4. The van der Waals surface area contributed by atoms with E-state index in [0.717, 1.165) is 16.6 Å². The standard InChI is InChI=1S/C24H16ClN3O2/c25-19-9-5-6-15-14-16(22(27-21(15)19)20-10-3-4-12-26-20)11-13-28-23(29)17-7-1-2-8-18(17)24(28)30/h1-10,12,14H,11,13H2. The highest BCUT2D eigenvalue weighted by molar-refractivity contribution is 6.35. The number of nitrogens with zero attached hydrogens (tertiary/aromatic N) is 3. The lowest BCUT2D eigenvalue weighted by Crippen LogP contribution is -2.31. The first-order valence-electron chi connectivity index (χ1n) is 9.58. The van der Waals surface area contributed by atoms with E-state index in [-0.39, 0.29) is 18.4 Å². The van der Waals surface area contributed by atoms with Crippen LogP contribution in [0.15, 0.2) is 72.9 Å². The van der Waals surface area contributed by atoms with E-state index >= 15 is 0 Å². The third kappa shape index (κ3) is 3.04. The molecule has 0 N–H and O–H groups in total. The molecule has 0 saturated carbocycles. The monoisotopic (exact) mass is 413 g/mol. The van der Waals surface area contributed by atoms with Gasteiger partial charge in [-0.3, -0.25) is 19.5 Å². The third-order valence-electron chi connectivity index (χ3n) is 5.27. The minimum Gasteiger partial charge on any atom is -0.274 e. The average Bonchev–Trinajstić information content (AvgIpc) is 3.03. The number of aromatic nitrogens is 2. The summed E-state index contributed by atoms with van der Waals surface area (Å²) in [6, 6.07) is 20.2. The van der Waals surface area contributed by atoms with Gasteiger partial charge in [-0.2, -0.15) is 0 Å². The summed E-state index contributed by atoms with van der Waals surface area (Å²) in [5, 5.41) is 1.47. The Morgan fingerprint density at radius 1 is 0.867 bits per heavy atom. The number of hydrogen-bond donors (Lipinski definition) is 0. The van der Waals surface area contributed by atoms with E-state index in [9.17, 15) is 9.59 Å². The normalized spacial score (nSPS) is 13.2. The number of rotatable bonds is 4. The number of amides is 2. The third-order valence-corrected chi connectivity index (χ3v) is 5.57. The van der Waals surface area contributed by atoms with Gasteiger partial charge in [0.1, 0.15) is 0 Å². The number of benzene rings is 2. The van der Waals surface area contributed by atoms with E-state index in [1.807, 2.05) is 36.4 Å². The second kappa shape index (κ2) is 7.35. The van der Waals surface area contributed by atoms with Crippen molar-refractivity contribution < 1.29 is 9.59 Å². The van der Waals surface area contributed by atoms with Crippen molar-refractivity contribution in [2.75, 3.05) is 6.54 Å². The molecule has 0 fully saturated rings. The molecule has 0 atom stereocenters. The van der Waals surface area contributed by atoms with Crippen LogP contribution in [0.2, 0.25) is 5.02 Å². The lowest BCUT2D eigenvalue weighted by atomic mass is 10.0. The van der Waals surface area contributed by atoms with E-state index in [1.165, 1.54) is 4.90 Å². The van der Waals surface area contributed by atoms with Crippen LogP contribution in [-0.2, 0) is 6.42 Å². The molecule has 1 aliphatic heterocycles. The molecule has 2 aromatic carbocycles. The van der Waals surface area contributed by atoms with Crippen LogP contribution in [0.4, 0.5) is 0 Å². The Morgan fingerprint density at radius 2 is 1.60 bits per heavy atom. The van der Waals surface area contributed by atoms with Crippen molar-refractivity contribution in [1.29, 1.82) is 0 Å². The molecule has 30 heavy (non-hydrogen) atoms. The highest BCUT2D eigenvalue weighted by Crippen LogP contribution is 2.29. The molecule has 0 saturated heterocycles. The van der Waals surface area contributed by atoms with E-state index in [2.05, 4.69) is 4.98 Å². The molecule has 3 heterocycles. The van der Waals surface area contributed by atoms with Crippen molar-refractivity contribution in [2.24, 2.45) is 0 Å². The maximum atomic E-state index is 12.7. The highest BCUT2D eigenvalue weighted by Gasteiger charge is 2.34. The largest absolute Gasteiger partial charge is 0.274 e. The molecule has 146 valence electrons. The van der Waals surface area contributed by atoms with E-state index in [0.29, 0.717) is 33.8 Å². The molecule has 5 nitrogen and oxygen atoms in total. The van der Waals surface area contributed by atoms with Crippen molar-refractivity contribution in [3.8, 4) is 11.4 Å². The molecule has 4 aromatic rings. The fourth-order valence-corrected chi connectivity index (χ4v) is 4.02. The Hall–Kier alpha value is -3.57. The predicted molar refractivity (Wildman–Crippen MR) is 115 cm³/mol. The quantitative estimate of drug-likeness (QED) is 0.451. The van der Waals surface area contributed by atoms with Gasteiger partial charge in [0, 0.05) is 18.1 Å². The number of halogens is 1. The van der Waals surface area contributed by atoms with Gasteiger partial charge in [-0.05, 0) is 48.4 Å². The van der Waals surface area contributed by atoms with Crippen LogP contribution in [-0.4, -0.2) is 33.2 Å². The van der Waals surface area contributed by atoms with Crippen molar-refractivity contribution in [2.45, 2.75) is 6.42 Å². The molecular formula is C24H16ClN3O2. The van der Waals surface area contributed by atoms with Gasteiger partial charge in [0.25, 0.3) is 11.8 Å². The SMILES string of the molecule is O=C1c2ccccc2C(=O)N1CCc1cc2cccc(Cl)c2nc1-c1ccccn1. The predicted octanol–water partition coefficient (Wildman–Crippen LogP) is 4.79. The topological polar surface area (TPSA) is 63.2 Å². The Kier molecular flexibility index (Phi) is 4.52. The molecule has 2 aromatic heterocycles. The molecule has 5 rings (SSSR count). The highest BCUT2D eigenvalue weighted by atomic mass is 35.5. The summed E-state index contributed by atoms with van der Waals surface area (Å²) in [6.07, 6.45) is 2.18. The van der Waals surface area contributed by atoms with Gasteiger partial charge in [0.05, 0.1) is 33.1 Å². The second-order valence-electron chi connectivity index (χ2n) is 7.08.